The van der Waals surface area contributed by atoms with Gasteiger partial charge in [-0.05, 0) is 25.2 Å². The standard InChI is InChI=1S/C12H18ClN3/c1-15-5-6-16(12(8-14)9-15)11-4-2-3-10(13)7-11/h2-4,7,12H,5-6,8-9,14H2,1H3. The van der Waals surface area contributed by atoms with E-state index in [-0.39, 0.29) is 0 Å². The van der Waals surface area contributed by atoms with E-state index in [0.717, 1.165) is 24.7 Å². The molecule has 1 heterocycles. The number of hydrogen-bond donors (Lipinski definition) is 1. The van der Waals surface area contributed by atoms with E-state index in [4.69, 9.17) is 17.3 Å². The molecule has 1 unspecified atom stereocenters. The summed E-state index contributed by atoms with van der Waals surface area (Å²) >= 11 is 6.02. The first-order valence-electron chi connectivity index (χ1n) is 5.61. The first kappa shape index (κ1) is 11.7. The van der Waals surface area contributed by atoms with Crippen LogP contribution in [0.2, 0.25) is 5.02 Å². The van der Waals surface area contributed by atoms with Crippen molar-refractivity contribution in [1.82, 2.24) is 4.90 Å². The van der Waals surface area contributed by atoms with E-state index in [9.17, 15) is 0 Å². The maximum atomic E-state index is 6.02. The zero-order chi connectivity index (χ0) is 11.5. The molecular weight excluding hydrogens is 222 g/mol. The van der Waals surface area contributed by atoms with Crippen LogP contribution in [0.5, 0.6) is 0 Å². The molecule has 0 aliphatic carbocycles. The van der Waals surface area contributed by atoms with Crippen LogP contribution < -0.4 is 10.6 Å². The van der Waals surface area contributed by atoms with Gasteiger partial charge >= 0.3 is 0 Å². The van der Waals surface area contributed by atoms with E-state index >= 15 is 0 Å². The average Bonchev–Trinajstić information content (AvgIpc) is 2.28. The van der Waals surface area contributed by atoms with Crippen LogP contribution in [-0.4, -0.2) is 44.2 Å². The van der Waals surface area contributed by atoms with Crippen molar-refractivity contribution < 1.29 is 0 Å². The number of nitrogens with zero attached hydrogens (tertiary/aromatic N) is 2. The van der Waals surface area contributed by atoms with Gasteiger partial charge in [-0.25, -0.2) is 0 Å². The highest BCUT2D eigenvalue weighted by Crippen LogP contribution is 2.23. The molecule has 1 saturated heterocycles. The molecule has 0 aromatic heterocycles. The zero-order valence-corrected chi connectivity index (χ0v) is 10.3. The van der Waals surface area contributed by atoms with Crippen molar-refractivity contribution in [2.24, 2.45) is 5.73 Å². The van der Waals surface area contributed by atoms with Gasteiger partial charge in [0.1, 0.15) is 0 Å². The molecule has 0 saturated carbocycles. The second-order valence-corrected chi connectivity index (χ2v) is 4.76. The topological polar surface area (TPSA) is 32.5 Å². The SMILES string of the molecule is CN1CCN(c2cccc(Cl)c2)C(CN)C1. The lowest BCUT2D eigenvalue weighted by Gasteiger charge is -2.41. The first-order chi connectivity index (χ1) is 7.70. The first-order valence-corrected chi connectivity index (χ1v) is 5.99. The second kappa shape index (κ2) is 5.04. The minimum absolute atomic E-state index is 0.386. The maximum Gasteiger partial charge on any atom is 0.0539 e. The molecule has 2 N–H and O–H groups in total. The smallest absolute Gasteiger partial charge is 0.0539 e. The molecular formula is C12H18ClN3. The Hall–Kier alpha value is -0.770. The van der Waals surface area contributed by atoms with Crippen LogP contribution in [0.3, 0.4) is 0 Å². The lowest BCUT2D eigenvalue weighted by Crippen LogP contribution is -2.55. The van der Waals surface area contributed by atoms with Crippen LogP contribution in [0, 0.1) is 0 Å². The van der Waals surface area contributed by atoms with Crippen LogP contribution in [0.1, 0.15) is 0 Å². The third kappa shape index (κ3) is 2.48. The predicted molar refractivity (Wildman–Crippen MR) is 69.1 cm³/mol. The summed E-state index contributed by atoms with van der Waals surface area (Å²) in [6.45, 7) is 3.78. The molecule has 2 rings (SSSR count). The Kier molecular flexibility index (Phi) is 3.69. The lowest BCUT2D eigenvalue weighted by atomic mass is 10.1. The van der Waals surface area contributed by atoms with E-state index in [1.807, 2.05) is 18.2 Å². The van der Waals surface area contributed by atoms with E-state index < -0.39 is 0 Å². The number of hydrogen-bond acceptors (Lipinski definition) is 3. The van der Waals surface area contributed by atoms with Crippen LogP contribution in [0.4, 0.5) is 5.69 Å². The summed E-state index contributed by atoms with van der Waals surface area (Å²) in [6, 6.07) is 8.38. The molecule has 3 nitrogen and oxygen atoms in total. The minimum atomic E-state index is 0.386. The van der Waals surface area contributed by atoms with Gasteiger partial charge in [-0.3, -0.25) is 0 Å². The Morgan fingerprint density at radius 1 is 1.44 bits per heavy atom. The van der Waals surface area contributed by atoms with Crippen LogP contribution in [-0.2, 0) is 0 Å². The van der Waals surface area contributed by atoms with E-state index in [0.29, 0.717) is 12.6 Å². The average molecular weight is 240 g/mol. The molecule has 1 aromatic rings. The van der Waals surface area contributed by atoms with E-state index in [1.54, 1.807) is 0 Å². The summed E-state index contributed by atoms with van der Waals surface area (Å²) in [4.78, 5) is 4.67. The third-order valence-electron chi connectivity index (χ3n) is 3.10. The van der Waals surface area contributed by atoms with Crippen molar-refractivity contribution in [3.63, 3.8) is 0 Å². The Morgan fingerprint density at radius 3 is 2.94 bits per heavy atom. The fraction of sp³-hybridized carbons (Fsp3) is 0.500. The Labute approximate surface area is 102 Å². The van der Waals surface area contributed by atoms with Gasteiger partial charge in [-0.15, -0.1) is 0 Å². The summed E-state index contributed by atoms with van der Waals surface area (Å²) in [6.07, 6.45) is 0. The molecule has 88 valence electrons. The summed E-state index contributed by atoms with van der Waals surface area (Å²) in [5.74, 6) is 0. The number of rotatable bonds is 2. The Bertz CT molecular complexity index is 356. The van der Waals surface area contributed by atoms with Crippen molar-refractivity contribution in [3.05, 3.63) is 29.3 Å². The molecule has 0 amide bonds. The van der Waals surface area contributed by atoms with Gasteiger partial charge < -0.3 is 15.5 Å². The van der Waals surface area contributed by atoms with Gasteiger partial charge in [0.05, 0.1) is 6.04 Å². The van der Waals surface area contributed by atoms with Crippen molar-refractivity contribution in [2.45, 2.75) is 6.04 Å². The molecule has 4 heteroatoms. The molecule has 1 aromatic carbocycles. The van der Waals surface area contributed by atoms with Crippen LogP contribution >= 0.6 is 11.6 Å². The van der Waals surface area contributed by atoms with E-state index in [1.165, 1.54) is 5.69 Å². The lowest BCUT2D eigenvalue weighted by molar-refractivity contribution is 0.270. The van der Waals surface area contributed by atoms with Gasteiger partial charge in [0.25, 0.3) is 0 Å². The number of benzene rings is 1. The monoisotopic (exact) mass is 239 g/mol. The minimum Gasteiger partial charge on any atom is -0.365 e. The number of likely N-dealkylation sites (N-methyl/N-ethyl adjacent to an activating group) is 1. The molecule has 1 fully saturated rings. The predicted octanol–water partition coefficient (Wildman–Crippen LogP) is 1.42. The quantitative estimate of drug-likeness (QED) is 0.847. The maximum absolute atomic E-state index is 6.02. The molecule has 1 atom stereocenters. The molecule has 0 radical (unpaired) electrons. The summed E-state index contributed by atoms with van der Waals surface area (Å²) in [7, 11) is 2.14. The van der Waals surface area contributed by atoms with Crippen molar-refractivity contribution in [2.75, 3.05) is 38.1 Å². The zero-order valence-electron chi connectivity index (χ0n) is 9.56. The molecule has 0 bridgehead atoms. The number of anilines is 1. The molecule has 16 heavy (non-hydrogen) atoms. The van der Waals surface area contributed by atoms with Crippen LogP contribution in [0.25, 0.3) is 0 Å². The normalized spacial score (nSPS) is 22.4. The summed E-state index contributed by atoms with van der Waals surface area (Å²) in [5.41, 5.74) is 7.01. The highest BCUT2D eigenvalue weighted by atomic mass is 35.5. The van der Waals surface area contributed by atoms with Gasteiger partial charge in [0.2, 0.25) is 0 Å². The van der Waals surface area contributed by atoms with Gasteiger partial charge in [-0.1, -0.05) is 17.7 Å². The fourth-order valence-electron chi connectivity index (χ4n) is 2.21. The number of nitrogens with two attached hydrogens (primary N) is 1. The fourth-order valence-corrected chi connectivity index (χ4v) is 2.39. The molecule has 1 aliphatic heterocycles. The van der Waals surface area contributed by atoms with Gasteiger partial charge in [0, 0.05) is 36.9 Å². The Morgan fingerprint density at radius 2 is 2.25 bits per heavy atom. The van der Waals surface area contributed by atoms with Crippen molar-refractivity contribution in [3.8, 4) is 0 Å². The number of piperazine rings is 1. The highest BCUT2D eigenvalue weighted by Gasteiger charge is 2.24. The molecule has 1 aliphatic rings. The van der Waals surface area contributed by atoms with Crippen LogP contribution in [0.15, 0.2) is 24.3 Å². The highest BCUT2D eigenvalue weighted by molar-refractivity contribution is 6.30. The van der Waals surface area contributed by atoms with Gasteiger partial charge in [-0.2, -0.15) is 0 Å². The third-order valence-corrected chi connectivity index (χ3v) is 3.33. The Balaban J connectivity index is 2.19. The second-order valence-electron chi connectivity index (χ2n) is 4.33. The van der Waals surface area contributed by atoms with Crippen molar-refractivity contribution in [1.29, 1.82) is 0 Å². The summed E-state index contributed by atoms with van der Waals surface area (Å²) < 4.78 is 0. The van der Waals surface area contributed by atoms with Crippen molar-refractivity contribution >= 4 is 17.3 Å². The van der Waals surface area contributed by atoms with E-state index in [2.05, 4.69) is 22.9 Å². The number of halogens is 1. The summed E-state index contributed by atoms with van der Waals surface area (Å²) in [5, 5.41) is 0.784. The van der Waals surface area contributed by atoms with Gasteiger partial charge in [0.15, 0.2) is 0 Å². The molecule has 0 spiro atoms. The largest absolute Gasteiger partial charge is 0.365 e.